The number of nitrogens with one attached hydrogen (secondary N) is 1. The summed E-state index contributed by atoms with van der Waals surface area (Å²) in [7, 11) is 1.52. The molecule has 1 N–H and O–H groups in total. The molecule has 1 unspecified atom stereocenters. The molecule has 0 aliphatic carbocycles. The van der Waals surface area contributed by atoms with Gasteiger partial charge in [-0.2, -0.15) is 4.98 Å². The van der Waals surface area contributed by atoms with E-state index in [2.05, 4.69) is 20.4 Å². The number of amides is 1. The first-order valence-corrected chi connectivity index (χ1v) is 8.66. The highest BCUT2D eigenvalue weighted by atomic mass is 19.1. The van der Waals surface area contributed by atoms with Gasteiger partial charge in [-0.25, -0.2) is 4.39 Å². The van der Waals surface area contributed by atoms with Crippen molar-refractivity contribution in [2.45, 2.75) is 32.2 Å². The third kappa shape index (κ3) is 4.63. The Labute approximate surface area is 146 Å². The van der Waals surface area contributed by atoms with Crippen LogP contribution >= 0.6 is 0 Å². The van der Waals surface area contributed by atoms with Crippen LogP contribution in [0.15, 0.2) is 28.8 Å². The van der Waals surface area contributed by atoms with Crippen molar-refractivity contribution in [1.29, 1.82) is 0 Å². The zero-order chi connectivity index (χ0) is 17.6. The topological polar surface area (TPSA) is 71.3 Å². The van der Waals surface area contributed by atoms with E-state index in [0.717, 1.165) is 44.3 Å². The Morgan fingerprint density at radius 2 is 2.28 bits per heavy atom. The summed E-state index contributed by atoms with van der Waals surface area (Å²) < 4.78 is 18.7. The quantitative estimate of drug-likeness (QED) is 0.870. The fraction of sp³-hybridized carbons (Fsp3) is 0.500. The number of carbonyl (C=O) groups excluding carboxylic acids is 1. The average molecular weight is 346 g/mol. The number of nitrogens with zero attached hydrogens (tertiary/aromatic N) is 3. The average Bonchev–Trinajstić information content (AvgIpc) is 3.09. The predicted octanol–water partition coefficient (Wildman–Crippen LogP) is 2.41. The summed E-state index contributed by atoms with van der Waals surface area (Å²) in [6, 6.07) is 6.98. The molecule has 1 aromatic heterocycles. The van der Waals surface area contributed by atoms with Crippen molar-refractivity contribution in [3.8, 4) is 0 Å². The maximum Gasteiger partial charge on any atom is 0.315 e. The van der Waals surface area contributed by atoms with Gasteiger partial charge in [0.1, 0.15) is 5.82 Å². The van der Waals surface area contributed by atoms with Gasteiger partial charge in [-0.3, -0.25) is 9.69 Å². The molecular formula is C18H23FN4O2. The van der Waals surface area contributed by atoms with Gasteiger partial charge in [0.05, 0.1) is 6.54 Å². The highest BCUT2D eigenvalue weighted by Gasteiger charge is 2.22. The number of halogens is 1. The van der Waals surface area contributed by atoms with Crippen molar-refractivity contribution < 1.29 is 13.7 Å². The van der Waals surface area contributed by atoms with Crippen LogP contribution in [-0.4, -0.2) is 41.1 Å². The lowest BCUT2D eigenvalue weighted by atomic mass is 9.91. The molecule has 2 heterocycles. The summed E-state index contributed by atoms with van der Waals surface area (Å²) in [6.45, 7) is 2.47. The minimum Gasteiger partial charge on any atom is -0.351 e. The van der Waals surface area contributed by atoms with Gasteiger partial charge in [0.2, 0.25) is 0 Å². The van der Waals surface area contributed by atoms with E-state index in [1.807, 2.05) is 12.1 Å². The molecule has 3 rings (SSSR count). The van der Waals surface area contributed by atoms with E-state index in [-0.39, 0.29) is 17.6 Å². The van der Waals surface area contributed by atoms with Crippen LogP contribution in [-0.2, 0) is 13.0 Å². The minimum absolute atomic E-state index is 0.00869. The number of hydrogen-bond donors (Lipinski definition) is 1. The molecule has 1 aliphatic rings. The highest BCUT2D eigenvalue weighted by Crippen LogP contribution is 2.23. The first kappa shape index (κ1) is 17.5. The molecule has 25 heavy (non-hydrogen) atoms. The smallest absolute Gasteiger partial charge is 0.315 e. The maximum atomic E-state index is 13.7. The number of rotatable bonds is 6. The Balaban J connectivity index is 1.52. The first-order chi connectivity index (χ1) is 12.2. The van der Waals surface area contributed by atoms with Crippen LogP contribution in [0.25, 0.3) is 0 Å². The Hall–Kier alpha value is -2.28. The minimum atomic E-state index is -0.375. The molecule has 7 heteroatoms. The van der Waals surface area contributed by atoms with Crippen molar-refractivity contribution in [2.75, 3.05) is 20.1 Å². The van der Waals surface area contributed by atoms with Crippen molar-refractivity contribution in [1.82, 2.24) is 20.4 Å². The Kier molecular flexibility index (Phi) is 5.75. The van der Waals surface area contributed by atoms with Gasteiger partial charge in [-0.15, -0.1) is 0 Å². The van der Waals surface area contributed by atoms with E-state index in [4.69, 9.17) is 4.52 Å². The van der Waals surface area contributed by atoms with E-state index in [0.29, 0.717) is 18.3 Å². The summed E-state index contributed by atoms with van der Waals surface area (Å²) in [5.74, 6) is 0.543. The zero-order valence-electron chi connectivity index (χ0n) is 14.4. The summed E-state index contributed by atoms with van der Waals surface area (Å²) >= 11 is 0. The third-order valence-corrected chi connectivity index (χ3v) is 4.64. The number of aromatic nitrogens is 2. The van der Waals surface area contributed by atoms with Crippen LogP contribution in [0.1, 0.15) is 41.3 Å². The van der Waals surface area contributed by atoms with Gasteiger partial charge < -0.3 is 9.84 Å². The van der Waals surface area contributed by atoms with Crippen LogP contribution in [0.5, 0.6) is 0 Å². The molecule has 6 nitrogen and oxygen atoms in total. The second kappa shape index (κ2) is 8.20. The van der Waals surface area contributed by atoms with Crippen molar-refractivity contribution >= 4 is 5.91 Å². The molecule has 1 fully saturated rings. The molecule has 0 bridgehead atoms. The van der Waals surface area contributed by atoms with Gasteiger partial charge in [-0.1, -0.05) is 23.4 Å². The monoisotopic (exact) mass is 346 g/mol. The molecule has 0 saturated carbocycles. The molecule has 134 valence electrons. The first-order valence-electron chi connectivity index (χ1n) is 8.66. The van der Waals surface area contributed by atoms with Crippen molar-refractivity contribution in [3.05, 3.63) is 47.4 Å². The number of likely N-dealkylation sites (tertiary alicyclic amines) is 1. The molecule has 1 aliphatic heterocycles. The molecule has 2 aromatic rings. The molecule has 1 amide bonds. The van der Waals surface area contributed by atoms with E-state index >= 15 is 0 Å². The van der Waals surface area contributed by atoms with E-state index < -0.39 is 0 Å². The van der Waals surface area contributed by atoms with Crippen molar-refractivity contribution in [2.24, 2.45) is 5.92 Å². The second-order valence-electron chi connectivity index (χ2n) is 6.47. The largest absolute Gasteiger partial charge is 0.351 e. The summed E-state index contributed by atoms with van der Waals surface area (Å²) in [4.78, 5) is 17.9. The molecule has 1 aromatic carbocycles. The van der Waals surface area contributed by atoms with Crippen LogP contribution in [0.2, 0.25) is 0 Å². The second-order valence-corrected chi connectivity index (χ2v) is 6.47. The molecule has 0 radical (unpaired) electrons. The normalized spacial score (nSPS) is 18.2. The number of hydrogen-bond acceptors (Lipinski definition) is 5. The van der Waals surface area contributed by atoms with E-state index in [9.17, 15) is 9.18 Å². The number of benzene rings is 1. The molecule has 1 saturated heterocycles. The zero-order valence-corrected chi connectivity index (χ0v) is 14.4. The Morgan fingerprint density at radius 1 is 1.44 bits per heavy atom. The van der Waals surface area contributed by atoms with Gasteiger partial charge >= 0.3 is 11.8 Å². The highest BCUT2D eigenvalue weighted by molar-refractivity contribution is 5.89. The Bertz CT molecular complexity index is 719. The van der Waals surface area contributed by atoms with Crippen LogP contribution < -0.4 is 5.32 Å². The van der Waals surface area contributed by atoms with Crippen molar-refractivity contribution in [3.63, 3.8) is 0 Å². The van der Waals surface area contributed by atoms with Gasteiger partial charge in [0.15, 0.2) is 5.82 Å². The van der Waals surface area contributed by atoms with Gasteiger partial charge in [0.25, 0.3) is 0 Å². The lowest BCUT2D eigenvalue weighted by molar-refractivity contribution is 0.0919. The van der Waals surface area contributed by atoms with Crippen LogP contribution in [0.4, 0.5) is 4.39 Å². The standard InChI is InChI=1S/C18H23FN4O2/c1-20-17(24)18-21-16(22-25-18)12-23-10-4-5-13(11-23)8-9-14-6-2-3-7-15(14)19/h2-3,6-7,13H,4-5,8-12H2,1H3,(H,20,24). The lowest BCUT2D eigenvalue weighted by Gasteiger charge is -2.31. The van der Waals surface area contributed by atoms with E-state index in [1.54, 1.807) is 6.07 Å². The Morgan fingerprint density at radius 3 is 3.08 bits per heavy atom. The fourth-order valence-corrected chi connectivity index (χ4v) is 3.31. The van der Waals surface area contributed by atoms with Gasteiger partial charge in [0, 0.05) is 13.6 Å². The number of aryl methyl sites for hydroxylation is 1. The van der Waals surface area contributed by atoms with Crippen LogP contribution in [0, 0.1) is 11.7 Å². The summed E-state index contributed by atoms with van der Waals surface area (Å²) in [5, 5.41) is 6.33. The SMILES string of the molecule is CNC(=O)c1nc(CN2CCCC(CCc3ccccc3F)C2)no1. The number of carbonyl (C=O) groups is 1. The molecular weight excluding hydrogens is 323 g/mol. The molecule has 1 atom stereocenters. The van der Waals surface area contributed by atoms with Gasteiger partial charge in [-0.05, 0) is 49.8 Å². The van der Waals surface area contributed by atoms with E-state index in [1.165, 1.54) is 13.1 Å². The fourth-order valence-electron chi connectivity index (χ4n) is 3.31. The van der Waals surface area contributed by atoms with Crippen LogP contribution in [0.3, 0.4) is 0 Å². The summed E-state index contributed by atoms with van der Waals surface area (Å²) in [6.07, 6.45) is 3.98. The third-order valence-electron chi connectivity index (χ3n) is 4.64. The lowest BCUT2D eigenvalue weighted by Crippen LogP contribution is -2.35. The molecule has 0 spiro atoms. The predicted molar refractivity (Wildman–Crippen MR) is 90.4 cm³/mol. The number of piperidine rings is 1. The maximum absolute atomic E-state index is 13.7. The summed E-state index contributed by atoms with van der Waals surface area (Å²) in [5.41, 5.74) is 0.785.